The monoisotopic (exact) mass is 252 g/mol. The lowest BCUT2D eigenvalue weighted by Crippen LogP contribution is -1.98. The standard InChI is InChI=1S/C16H28O2/c1-3-5-6-7-8-9-10-11-12-13-14-15-16(17)18-4-2/h12-15H,3-11H2,1-2H3. The largest absolute Gasteiger partial charge is 0.463 e. The quantitative estimate of drug-likeness (QED) is 0.228. The lowest BCUT2D eigenvalue weighted by Gasteiger charge is -1.98. The lowest BCUT2D eigenvalue weighted by atomic mass is 10.1. The Morgan fingerprint density at radius 1 is 0.944 bits per heavy atom. The van der Waals surface area contributed by atoms with Crippen LogP contribution >= 0.6 is 0 Å². The van der Waals surface area contributed by atoms with Crippen molar-refractivity contribution in [2.24, 2.45) is 0 Å². The Hall–Kier alpha value is -1.05. The Bertz CT molecular complexity index is 241. The molecule has 0 unspecified atom stereocenters. The first-order valence-electron chi connectivity index (χ1n) is 7.31. The maximum Gasteiger partial charge on any atom is 0.330 e. The fourth-order valence-electron chi connectivity index (χ4n) is 1.72. The molecule has 0 radical (unpaired) electrons. The van der Waals surface area contributed by atoms with Crippen LogP contribution in [-0.4, -0.2) is 12.6 Å². The van der Waals surface area contributed by atoms with E-state index in [0.717, 1.165) is 6.42 Å². The summed E-state index contributed by atoms with van der Waals surface area (Å²) < 4.78 is 4.77. The van der Waals surface area contributed by atoms with Crippen LogP contribution in [-0.2, 0) is 9.53 Å². The summed E-state index contributed by atoms with van der Waals surface area (Å²) in [6.07, 6.45) is 17.7. The second-order valence-electron chi connectivity index (χ2n) is 4.45. The second-order valence-corrected chi connectivity index (χ2v) is 4.45. The van der Waals surface area contributed by atoms with Crippen molar-refractivity contribution < 1.29 is 9.53 Å². The molecule has 0 rings (SSSR count). The van der Waals surface area contributed by atoms with E-state index in [0.29, 0.717) is 6.61 Å². The highest BCUT2D eigenvalue weighted by molar-refractivity contribution is 5.82. The van der Waals surface area contributed by atoms with Crippen LogP contribution in [0.4, 0.5) is 0 Å². The first kappa shape index (κ1) is 16.9. The Labute approximate surface area is 112 Å². The summed E-state index contributed by atoms with van der Waals surface area (Å²) >= 11 is 0. The number of carbonyl (C=O) groups excluding carboxylic acids is 1. The number of carbonyl (C=O) groups is 1. The number of ether oxygens (including phenoxy) is 1. The highest BCUT2D eigenvalue weighted by atomic mass is 16.5. The fraction of sp³-hybridized carbons (Fsp3) is 0.688. The topological polar surface area (TPSA) is 26.3 Å². The molecule has 0 bridgehead atoms. The van der Waals surface area contributed by atoms with E-state index in [-0.39, 0.29) is 5.97 Å². The highest BCUT2D eigenvalue weighted by Gasteiger charge is 1.90. The van der Waals surface area contributed by atoms with E-state index in [1.165, 1.54) is 51.0 Å². The van der Waals surface area contributed by atoms with Crippen LogP contribution in [0.15, 0.2) is 24.3 Å². The van der Waals surface area contributed by atoms with Crippen LogP contribution in [0.2, 0.25) is 0 Å². The minimum absolute atomic E-state index is 0.266. The van der Waals surface area contributed by atoms with Crippen LogP contribution in [0, 0.1) is 0 Å². The smallest absolute Gasteiger partial charge is 0.330 e. The van der Waals surface area contributed by atoms with E-state index in [1.807, 2.05) is 13.0 Å². The molecule has 18 heavy (non-hydrogen) atoms. The fourth-order valence-corrected chi connectivity index (χ4v) is 1.72. The van der Waals surface area contributed by atoms with Crippen molar-refractivity contribution in [1.82, 2.24) is 0 Å². The van der Waals surface area contributed by atoms with Gasteiger partial charge in [0.15, 0.2) is 0 Å². The molecule has 0 aliphatic heterocycles. The van der Waals surface area contributed by atoms with E-state index in [9.17, 15) is 4.79 Å². The summed E-state index contributed by atoms with van der Waals surface area (Å²) in [6.45, 7) is 4.49. The van der Waals surface area contributed by atoms with Gasteiger partial charge in [0.2, 0.25) is 0 Å². The number of hydrogen-bond donors (Lipinski definition) is 0. The molecule has 0 aliphatic rings. The average molecular weight is 252 g/mol. The normalized spacial score (nSPS) is 11.4. The molecule has 0 fully saturated rings. The summed E-state index contributed by atoms with van der Waals surface area (Å²) in [5.74, 6) is -0.266. The zero-order chi connectivity index (χ0) is 13.5. The molecule has 0 spiro atoms. The highest BCUT2D eigenvalue weighted by Crippen LogP contribution is 2.08. The van der Waals surface area contributed by atoms with Gasteiger partial charge in [0.05, 0.1) is 6.61 Å². The van der Waals surface area contributed by atoms with Gasteiger partial charge < -0.3 is 4.74 Å². The molecule has 0 N–H and O–H groups in total. The van der Waals surface area contributed by atoms with Crippen LogP contribution in [0.5, 0.6) is 0 Å². The molecule has 0 aromatic heterocycles. The van der Waals surface area contributed by atoms with E-state index in [2.05, 4.69) is 13.0 Å². The Kier molecular flexibility index (Phi) is 13.2. The van der Waals surface area contributed by atoms with Gasteiger partial charge >= 0.3 is 5.97 Å². The molecular formula is C16H28O2. The van der Waals surface area contributed by atoms with Crippen LogP contribution in [0.3, 0.4) is 0 Å². The van der Waals surface area contributed by atoms with Crippen molar-refractivity contribution in [3.8, 4) is 0 Å². The molecular weight excluding hydrogens is 224 g/mol. The van der Waals surface area contributed by atoms with Crippen LogP contribution in [0.25, 0.3) is 0 Å². The third kappa shape index (κ3) is 13.0. The van der Waals surface area contributed by atoms with E-state index >= 15 is 0 Å². The van der Waals surface area contributed by atoms with Crippen molar-refractivity contribution >= 4 is 5.97 Å². The van der Waals surface area contributed by atoms with Gasteiger partial charge in [-0.25, -0.2) is 4.79 Å². The number of rotatable bonds is 11. The lowest BCUT2D eigenvalue weighted by molar-refractivity contribution is -0.137. The van der Waals surface area contributed by atoms with Crippen molar-refractivity contribution in [3.63, 3.8) is 0 Å². The molecule has 0 heterocycles. The van der Waals surface area contributed by atoms with Gasteiger partial charge in [-0.2, -0.15) is 0 Å². The van der Waals surface area contributed by atoms with Gasteiger partial charge in [0.25, 0.3) is 0 Å². The van der Waals surface area contributed by atoms with Gasteiger partial charge in [0, 0.05) is 6.08 Å². The Morgan fingerprint density at radius 2 is 1.61 bits per heavy atom. The summed E-state index contributed by atoms with van der Waals surface area (Å²) in [5, 5.41) is 0. The maximum absolute atomic E-state index is 11.0. The summed E-state index contributed by atoms with van der Waals surface area (Å²) in [7, 11) is 0. The first-order chi connectivity index (χ1) is 8.81. The number of esters is 1. The second kappa shape index (κ2) is 14.0. The third-order valence-corrected chi connectivity index (χ3v) is 2.74. The predicted molar refractivity (Wildman–Crippen MR) is 77.5 cm³/mol. The van der Waals surface area contributed by atoms with E-state index in [1.54, 1.807) is 6.08 Å². The summed E-state index contributed by atoms with van der Waals surface area (Å²) in [6, 6.07) is 0. The molecule has 0 amide bonds. The minimum Gasteiger partial charge on any atom is -0.463 e. The molecule has 2 heteroatoms. The number of allylic oxidation sites excluding steroid dienone is 3. The van der Waals surface area contributed by atoms with Crippen LogP contribution < -0.4 is 0 Å². The third-order valence-electron chi connectivity index (χ3n) is 2.74. The van der Waals surface area contributed by atoms with Gasteiger partial charge in [-0.3, -0.25) is 0 Å². The van der Waals surface area contributed by atoms with Crippen molar-refractivity contribution in [2.75, 3.05) is 6.61 Å². The first-order valence-corrected chi connectivity index (χ1v) is 7.31. The molecule has 104 valence electrons. The molecule has 0 saturated heterocycles. The Morgan fingerprint density at radius 3 is 2.28 bits per heavy atom. The van der Waals surface area contributed by atoms with E-state index < -0.39 is 0 Å². The maximum atomic E-state index is 11.0. The van der Waals surface area contributed by atoms with Gasteiger partial charge in [-0.1, -0.05) is 63.7 Å². The van der Waals surface area contributed by atoms with Gasteiger partial charge in [0.1, 0.15) is 0 Å². The van der Waals surface area contributed by atoms with Crippen LogP contribution in [0.1, 0.15) is 65.2 Å². The summed E-state index contributed by atoms with van der Waals surface area (Å²) in [4.78, 5) is 11.0. The predicted octanol–water partition coefficient (Wildman–Crippen LogP) is 4.80. The molecule has 0 aromatic carbocycles. The van der Waals surface area contributed by atoms with Gasteiger partial charge in [-0.15, -0.1) is 0 Å². The molecule has 0 atom stereocenters. The zero-order valence-corrected chi connectivity index (χ0v) is 12.0. The van der Waals surface area contributed by atoms with Crippen molar-refractivity contribution in [1.29, 1.82) is 0 Å². The van der Waals surface area contributed by atoms with E-state index in [4.69, 9.17) is 4.74 Å². The molecule has 0 aliphatic carbocycles. The Balaban J connectivity index is 3.30. The van der Waals surface area contributed by atoms with Crippen molar-refractivity contribution in [2.45, 2.75) is 65.2 Å². The minimum atomic E-state index is -0.266. The number of hydrogen-bond acceptors (Lipinski definition) is 2. The van der Waals surface area contributed by atoms with Crippen molar-refractivity contribution in [3.05, 3.63) is 24.3 Å². The molecule has 2 nitrogen and oxygen atoms in total. The zero-order valence-electron chi connectivity index (χ0n) is 12.0. The molecule has 0 saturated carbocycles. The average Bonchev–Trinajstić information content (AvgIpc) is 2.36. The van der Waals surface area contributed by atoms with Gasteiger partial charge in [-0.05, 0) is 19.8 Å². The number of unbranched alkanes of at least 4 members (excludes halogenated alkanes) is 7. The molecule has 0 aromatic rings. The SMILES string of the molecule is CCCCCCCCCC=CC=CC(=O)OCC. The summed E-state index contributed by atoms with van der Waals surface area (Å²) in [5.41, 5.74) is 0.